The summed E-state index contributed by atoms with van der Waals surface area (Å²) >= 11 is 0. The summed E-state index contributed by atoms with van der Waals surface area (Å²) in [5.41, 5.74) is 2.21. The number of sulfonamides is 1. The number of rotatable bonds is 4. The van der Waals surface area contributed by atoms with Crippen molar-refractivity contribution in [3.05, 3.63) is 46.9 Å². The van der Waals surface area contributed by atoms with Crippen LogP contribution in [0.5, 0.6) is 0 Å². The van der Waals surface area contributed by atoms with Crippen LogP contribution in [0, 0.1) is 20.8 Å². The molecule has 0 radical (unpaired) electrons. The van der Waals surface area contributed by atoms with Crippen LogP contribution in [0.3, 0.4) is 0 Å². The lowest BCUT2D eigenvalue weighted by Gasteiger charge is -2.11. The highest BCUT2D eigenvalue weighted by Gasteiger charge is 2.24. The lowest BCUT2D eigenvalue weighted by molar-refractivity contribution is 0.0661. The van der Waals surface area contributed by atoms with E-state index in [-0.39, 0.29) is 10.7 Å². The van der Waals surface area contributed by atoms with Crippen molar-refractivity contribution in [3.63, 3.8) is 0 Å². The van der Waals surface area contributed by atoms with Crippen molar-refractivity contribution in [2.45, 2.75) is 25.7 Å². The molecule has 0 fully saturated rings. The van der Waals surface area contributed by atoms with E-state index in [1.165, 1.54) is 6.92 Å². The largest absolute Gasteiger partial charge is 0.475 e. The third-order valence-electron chi connectivity index (χ3n) is 3.22. The summed E-state index contributed by atoms with van der Waals surface area (Å²) in [5.74, 6) is -1.69. The maximum atomic E-state index is 12.4. The molecule has 0 spiro atoms. The number of carboxylic acid groups (broad SMARTS) is 1. The lowest BCUT2D eigenvalue weighted by Crippen LogP contribution is -2.14. The van der Waals surface area contributed by atoms with E-state index in [0.717, 1.165) is 17.2 Å². The molecule has 1 aromatic carbocycles. The van der Waals surface area contributed by atoms with E-state index in [0.29, 0.717) is 5.69 Å². The van der Waals surface area contributed by atoms with Gasteiger partial charge in [-0.15, -0.1) is 0 Å². The van der Waals surface area contributed by atoms with E-state index in [2.05, 4.69) is 4.72 Å². The van der Waals surface area contributed by atoms with Crippen LogP contribution in [0.1, 0.15) is 27.4 Å². The molecule has 112 valence electrons. The van der Waals surface area contributed by atoms with Crippen molar-refractivity contribution < 1.29 is 22.7 Å². The van der Waals surface area contributed by atoms with E-state index in [1.54, 1.807) is 19.1 Å². The molecule has 0 aliphatic carbocycles. The number of hydrogen-bond donors (Lipinski definition) is 2. The second kappa shape index (κ2) is 5.25. The molecule has 7 heteroatoms. The summed E-state index contributed by atoms with van der Waals surface area (Å²) in [5, 5.41) is 8.85. The first-order valence-electron chi connectivity index (χ1n) is 6.15. The topological polar surface area (TPSA) is 96.6 Å². The highest BCUT2D eigenvalue weighted by Crippen LogP contribution is 2.25. The molecular formula is C14H15NO5S. The first-order valence-corrected chi connectivity index (χ1v) is 7.63. The smallest absolute Gasteiger partial charge is 0.371 e. The van der Waals surface area contributed by atoms with Crippen LogP contribution in [0.4, 0.5) is 5.69 Å². The highest BCUT2D eigenvalue weighted by atomic mass is 32.2. The zero-order chi connectivity index (χ0) is 15.8. The van der Waals surface area contributed by atoms with Crippen molar-refractivity contribution in [1.29, 1.82) is 0 Å². The van der Waals surface area contributed by atoms with E-state index in [1.807, 2.05) is 13.0 Å². The Bertz CT molecular complexity index is 805. The number of furan rings is 1. The number of hydrogen-bond acceptors (Lipinski definition) is 4. The molecule has 0 saturated heterocycles. The summed E-state index contributed by atoms with van der Waals surface area (Å²) < 4.78 is 32.1. The third-order valence-corrected chi connectivity index (χ3v) is 4.69. The standard InChI is InChI=1S/C14H15NO5S/c1-8-5-4-6-11(9(8)2)15-21(18,19)13-7-12(14(16)17)20-10(13)3/h4-7,15H,1-3H3,(H,16,17). The Morgan fingerprint density at radius 2 is 1.90 bits per heavy atom. The van der Waals surface area contributed by atoms with Gasteiger partial charge >= 0.3 is 5.97 Å². The molecule has 0 bridgehead atoms. The van der Waals surface area contributed by atoms with Gasteiger partial charge in [-0.2, -0.15) is 0 Å². The predicted octanol–water partition coefficient (Wildman–Crippen LogP) is 2.70. The molecular weight excluding hydrogens is 294 g/mol. The Labute approximate surface area is 122 Å². The van der Waals surface area contributed by atoms with Gasteiger partial charge < -0.3 is 9.52 Å². The number of benzene rings is 1. The molecule has 1 aromatic heterocycles. The van der Waals surface area contributed by atoms with Crippen LogP contribution >= 0.6 is 0 Å². The molecule has 6 nitrogen and oxygen atoms in total. The molecule has 1 heterocycles. The Morgan fingerprint density at radius 1 is 1.24 bits per heavy atom. The van der Waals surface area contributed by atoms with Gasteiger partial charge in [0, 0.05) is 6.07 Å². The van der Waals surface area contributed by atoms with Gasteiger partial charge in [-0.25, -0.2) is 13.2 Å². The van der Waals surface area contributed by atoms with Crippen molar-refractivity contribution in [1.82, 2.24) is 0 Å². The van der Waals surface area contributed by atoms with Gasteiger partial charge in [-0.1, -0.05) is 12.1 Å². The number of anilines is 1. The number of carboxylic acids is 1. The van der Waals surface area contributed by atoms with Gasteiger partial charge in [-0.05, 0) is 38.0 Å². The average molecular weight is 309 g/mol. The number of carbonyl (C=O) groups is 1. The maximum absolute atomic E-state index is 12.4. The molecule has 0 unspecified atom stereocenters. The summed E-state index contributed by atoms with van der Waals surface area (Å²) in [7, 11) is -3.90. The Kier molecular flexibility index (Phi) is 3.78. The van der Waals surface area contributed by atoms with E-state index in [4.69, 9.17) is 9.52 Å². The SMILES string of the molecule is Cc1cccc(NS(=O)(=O)c2cc(C(=O)O)oc2C)c1C. The van der Waals surface area contributed by atoms with Crippen molar-refractivity contribution >= 4 is 21.7 Å². The number of aryl methyl sites for hydroxylation is 2. The third kappa shape index (κ3) is 2.92. The summed E-state index contributed by atoms with van der Waals surface area (Å²) in [6.45, 7) is 5.08. The summed E-state index contributed by atoms with van der Waals surface area (Å²) in [6, 6.07) is 6.27. The second-order valence-electron chi connectivity index (χ2n) is 4.69. The van der Waals surface area contributed by atoms with Crippen molar-refractivity contribution in [2.75, 3.05) is 4.72 Å². The molecule has 0 aliphatic rings. The van der Waals surface area contributed by atoms with Gasteiger partial charge in [0.25, 0.3) is 10.0 Å². The van der Waals surface area contributed by atoms with Crippen LogP contribution in [-0.2, 0) is 10.0 Å². The summed E-state index contributed by atoms with van der Waals surface area (Å²) in [4.78, 5) is 10.7. The second-order valence-corrected chi connectivity index (χ2v) is 6.34. The molecule has 2 aromatic rings. The minimum Gasteiger partial charge on any atom is -0.475 e. The van der Waals surface area contributed by atoms with E-state index in [9.17, 15) is 13.2 Å². The first kappa shape index (κ1) is 15.1. The highest BCUT2D eigenvalue weighted by molar-refractivity contribution is 7.92. The quantitative estimate of drug-likeness (QED) is 0.905. The molecule has 2 rings (SSSR count). The van der Waals surface area contributed by atoms with Crippen molar-refractivity contribution in [3.8, 4) is 0 Å². The average Bonchev–Trinajstić information content (AvgIpc) is 2.78. The predicted molar refractivity (Wildman–Crippen MR) is 77.1 cm³/mol. The van der Waals surface area contributed by atoms with Crippen LogP contribution in [-0.4, -0.2) is 19.5 Å². The van der Waals surface area contributed by atoms with Crippen molar-refractivity contribution in [2.24, 2.45) is 0 Å². The molecule has 2 N–H and O–H groups in total. The minimum absolute atomic E-state index is 0.0326. The van der Waals surface area contributed by atoms with Crippen LogP contribution in [0.25, 0.3) is 0 Å². The van der Waals surface area contributed by atoms with Crippen LogP contribution in [0.2, 0.25) is 0 Å². The van der Waals surface area contributed by atoms with Crippen LogP contribution in [0.15, 0.2) is 33.6 Å². The number of aromatic carboxylic acids is 1. The van der Waals surface area contributed by atoms with Gasteiger partial charge in [0.15, 0.2) is 0 Å². The van der Waals surface area contributed by atoms with Crippen LogP contribution < -0.4 is 4.72 Å². The molecule has 0 atom stereocenters. The fourth-order valence-electron chi connectivity index (χ4n) is 1.90. The van der Waals surface area contributed by atoms with Gasteiger partial charge in [0.05, 0.1) is 5.69 Å². The van der Waals surface area contributed by atoms with E-state index >= 15 is 0 Å². The maximum Gasteiger partial charge on any atom is 0.371 e. The Hall–Kier alpha value is -2.28. The Morgan fingerprint density at radius 3 is 2.48 bits per heavy atom. The molecule has 21 heavy (non-hydrogen) atoms. The normalized spacial score (nSPS) is 11.4. The Balaban J connectivity index is 2.43. The van der Waals surface area contributed by atoms with E-state index < -0.39 is 21.8 Å². The monoisotopic (exact) mass is 309 g/mol. The van der Waals surface area contributed by atoms with Gasteiger partial charge in [-0.3, -0.25) is 4.72 Å². The zero-order valence-corrected chi connectivity index (χ0v) is 12.6. The first-order chi connectivity index (χ1) is 9.72. The van der Waals surface area contributed by atoms with Gasteiger partial charge in [0.1, 0.15) is 10.7 Å². The summed E-state index contributed by atoms with van der Waals surface area (Å²) in [6.07, 6.45) is 0. The fraction of sp³-hybridized carbons (Fsp3) is 0.214. The zero-order valence-electron chi connectivity index (χ0n) is 11.8. The molecule has 0 amide bonds. The van der Waals surface area contributed by atoms with Gasteiger partial charge in [0.2, 0.25) is 5.76 Å². The number of nitrogens with one attached hydrogen (secondary N) is 1. The lowest BCUT2D eigenvalue weighted by atomic mass is 10.1. The molecule has 0 aliphatic heterocycles. The minimum atomic E-state index is -3.90. The fourth-order valence-corrected chi connectivity index (χ4v) is 3.20. The molecule has 0 saturated carbocycles.